The van der Waals surface area contributed by atoms with E-state index in [9.17, 15) is 4.79 Å². The first-order valence-electron chi connectivity index (χ1n) is 5.63. The summed E-state index contributed by atoms with van der Waals surface area (Å²) in [4.78, 5) is 15.9. The molecule has 0 saturated carbocycles. The average molecular weight is 205 g/mol. The molecule has 1 rings (SSSR count). The van der Waals surface area contributed by atoms with Crippen LogP contribution in [0.5, 0.6) is 0 Å². The van der Waals surface area contributed by atoms with Crippen LogP contribution in [0.4, 0.5) is 0 Å². The summed E-state index contributed by atoms with van der Waals surface area (Å²) in [5, 5.41) is 0. The van der Waals surface area contributed by atoms with Gasteiger partial charge in [0.25, 0.3) is 0 Å². The van der Waals surface area contributed by atoms with Crippen LogP contribution in [-0.4, -0.2) is 10.8 Å². The third-order valence-corrected chi connectivity index (χ3v) is 2.81. The highest BCUT2D eigenvalue weighted by atomic mass is 16.1. The predicted octanol–water partition coefficient (Wildman–Crippen LogP) is 2.80. The van der Waals surface area contributed by atoms with Crippen molar-refractivity contribution in [1.29, 1.82) is 0 Å². The van der Waals surface area contributed by atoms with E-state index in [1.54, 1.807) is 0 Å². The molecule has 82 valence electrons. The van der Waals surface area contributed by atoms with E-state index < -0.39 is 0 Å². The molecular weight excluding hydrogens is 186 g/mol. The number of aryl methyl sites for hydroxylation is 1. The zero-order valence-electron chi connectivity index (χ0n) is 9.79. The Kier molecular flexibility index (Phi) is 4.47. The number of rotatable bonds is 5. The molecule has 0 fully saturated rings. The molecule has 0 radical (unpaired) electrons. The van der Waals surface area contributed by atoms with Crippen molar-refractivity contribution in [3.8, 4) is 0 Å². The molecule has 1 aromatic heterocycles. The van der Waals surface area contributed by atoms with Gasteiger partial charge in [-0.05, 0) is 24.5 Å². The second-order valence-electron chi connectivity index (χ2n) is 3.96. The van der Waals surface area contributed by atoms with Gasteiger partial charge in [-0.25, -0.2) is 0 Å². The molecule has 0 amide bonds. The molecule has 0 bridgehead atoms. The monoisotopic (exact) mass is 205 g/mol. The third kappa shape index (κ3) is 3.46. The number of hydrogen-bond acceptors (Lipinski definition) is 2. The van der Waals surface area contributed by atoms with Crippen LogP contribution >= 0.6 is 0 Å². The second-order valence-corrected chi connectivity index (χ2v) is 3.96. The number of Topliss-reactive ketones (excluding diaryl/α,β-unsaturated/α-hetero) is 1. The molecule has 1 aromatic rings. The number of nitrogens with zero attached hydrogens (tertiary/aromatic N) is 1. The summed E-state index contributed by atoms with van der Waals surface area (Å²) in [6, 6.07) is 4.01. The van der Waals surface area contributed by atoms with Gasteiger partial charge < -0.3 is 0 Å². The summed E-state index contributed by atoms with van der Waals surface area (Å²) in [6.45, 7) is 6.11. The van der Waals surface area contributed by atoms with Gasteiger partial charge >= 0.3 is 0 Å². The van der Waals surface area contributed by atoms with E-state index in [1.807, 2.05) is 32.2 Å². The van der Waals surface area contributed by atoms with Gasteiger partial charge in [0.2, 0.25) is 0 Å². The van der Waals surface area contributed by atoms with Gasteiger partial charge in [-0.3, -0.25) is 9.78 Å². The zero-order valence-corrected chi connectivity index (χ0v) is 9.79. The van der Waals surface area contributed by atoms with Crippen LogP contribution in [0, 0.1) is 5.92 Å². The van der Waals surface area contributed by atoms with Gasteiger partial charge in [-0.2, -0.15) is 0 Å². The predicted molar refractivity (Wildman–Crippen MR) is 61.8 cm³/mol. The van der Waals surface area contributed by atoms with Gasteiger partial charge in [0.1, 0.15) is 5.78 Å². The van der Waals surface area contributed by atoms with Gasteiger partial charge in [-0.1, -0.05) is 26.8 Å². The first-order chi connectivity index (χ1) is 7.17. The fourth-order valence-corrected chi connectivity index (χ4v) is 1.35. The number of hydrogen-bond donors (Lipinski definition) is 0. The Balaban J connectivity index is 2.61. The minimum Gasteiger partial charge on any atom is -0.299 e. The summed E-state index contributed by atoms with van der Waals surface area (Å²) in [5.74, 6) is 0.437. The van der Waals surface area contributed by atoms with E-state index in [0.717, 1.165) is 18.5 Å². The van der Waals surface area contributed by atoms with E-state index in [1.165, 1.54) is 5.56 Å². The van der Waals surface area contributed by atoms with Crippen molar-refractivity contribution >= 4 is 5.78 Å². The summed E-state index contributed by atoms with van der Waals surface area (Å²) >= 11 is 0. The highest BCUT2D eigenvalue weighted by Crippen LogP contribution is 2.08. The topological polar surface area (TPSA) is 30.0 Å². The van der Waals surface area contributed by atoms with Gasteiger partial charge in [-0.15, -0.1) is 0 Å². The zero-order chi connectivity index (χ0) is 11.3. The molecule has 1 unspecified atom stereocenters. The molecule has 0 aliphatic heterocycles. The largest absolute Gasteiger partial charge is 0.299 e. The molecular formula is C13H19NO. The van der Waals surface area contributed by atoms with Crippen LogP contribution in [0.1, 0.15) is 38.4 Å². The Bertz CT molecular complexity index is 316. The van der Waals surface area contributed by atoms with Crippen molar-refractivity contribution < 1.29 is 4.79 Å². The SMILES string of the molecule is CCc1ccc(CC(=O)C(C)CC)nc1. The summed E-state index contributed by atoms with van der Waals surface area (Å²) in [5.41, 5.74) is 2.10. The van der Waals surface area contributed by atoms with Crippen LogP contribution in [0.25, 0.3) is 0 Å². The van der Waals surface area contributed by atoms with Crippen LogP contribution in [-0.2, 0) is 17.6 Å². The normalized spacial score (nSPS) is 12.5. The van der Waals surface area contributed by atoms with Crippen LogP contribution in [0.15, 0.2) is 18.3 Å². The Morgan fingerprint density at radius 1 is 1.40 bits per heavy atom. The van der Waals surface area contributed by atoms with E-state index in [4.69, 9.17) is 0 Å². The Labute approximate surface area is 91.7 Å². The van der Waals surface area contributed by atoms with E-state index >= 15 is 0 Å². The Morgan fingerprint density at radius 3 is 2.60 bits per heavy atom. The maximum atomic E-state index is 11.7. The molecule has 1 atom stereocenters. The van der Waals surface area contributed by atoms with Gasteiger partial charge in [0, 0.05) is 24.2 Å². The molecule has 2 heteroatoms. The molecule has 15 heavy (non-hydrogen) atoms. The maximum Gasteiger partial charge on any atom is 0.141 e. The third-order valence-electron chi connectivity index (χ3n) is 2.81. The first-order valence-corrected chi connectivity index (χ1v) is 5.63. The van der Waals surface area contributed by atoms with Crippen molar-refractivity contribution in [2.45, 2.75) is 40.0 Å². The standard InChI is InChI=1S/C13H19NO/c1-4-10(3)13(15)8-12-7-6-11(5-2)9-14-12/h6-7,9-10H,4-5,8H2,1-3H3. The fourth-order valence-electron chi connectivity index (χ4n) is 1.35. The van der Waals surface area contributed by atoms with Crippen molar-refractivity contribution in [2.75, 3.05) is 0 Å². The number of ketones is 1. The Morgan fingerprint density at radius 2 is 2.13 bits per heavy atom. The van der Waals surface area contributed by atoms with E-state index in [-0.39, 0.29) is 11.7 Å². The smallest absolute Gasteiger partial charge is 0.141 e. The first kappa shape index (κ1) is 11.9. The second kappa shape index (κ2) is 5.64. The fraction of sp³-hybridized carbons (Fsp3) is 0.538. The molecule has 0 aliphatic carbocycles. The lowest BCUT2D eigenvalue weighted by molar-refractivity contribution is -0.121. The van der Waals surface area contributed by atoms with Gasteiger partial charge in [0.05, 0.1) is 0 Å². The molecule has 0 spiro atoms. The number of aromatic nitrogens is 1. The van der Waals surface area contributed by atoms with Crippen LogP contribution < -0.4 is 0 Å². The molecule has 0 saturated heterocycles. The van der Waals surface area contributed by atoms with Crippen molar-refractivity contribution in [3.05, 3.63) is 29.6 Å². The minimum absolute atomic E-state index is 0.151. The average Bonchev–Trinajstić information content (AvgIpc) is 2.29. The van der Waals surface area contributed by atoms with E-state index in [0.29, 0.717) is 6.42 Å². The number of pyridine rings is 1. The Hall–Kier alpha value is -1.18. The van der Waals surface area contributed by atoms with Crippen molar-refractivity contribution in [2.24, 2.45) is 5.92 Å². The number of carbonyl (C=O) groups is 1. The minimum atomic E-state index is 0.151. The molecule has 0 N–H and O–H groups in total. The molecule has 0 aromatic carbocycles. The molecule has 2 nitrogen and oxygen atoms in total. The molecule has 0 aliphatic rings. The van der Waals surface area contributed by atoms with Crippen LogP contribution in [0.3, 0.4) is 0 Å². The lowest BCUT2D eigenvalue weighted by Crippen LogP contribution is -2.13. The lowest BCUT2D eigenvalue weighted by atomic mass is 9.99. The highest BCUT2D eigenvalue weighted by Gasteiger charge is 2.11. The lowest BCUT2D eigenvalue weighted by Gasteiger charge is -2.06. The van der Waals surface area contributed by atoms with Gasteiger partial charge in [0.15, 0.2) is 0 Å². The van der Waals surface area contributed by atoms with Crippen molar-refractivity contribution in [3.63, 3.8) is 0 Å². The summed E-state index contributed by atoms with van der Waals surface area (Å²) < 4.78 is 0. The quantitative estimate of drug-likeness (QED) is 0.740. The maximum absolute atomic E-state index is 11.7. The summed E-state index contributed by atoms with van der Waals surface area (Å²) in [7, 11) is 0. The summed E-state index contributed by atoms with van der Waals surface area (Å²) in [6.07, 6.45) is 4.23. The number of carbonyl (C=O) groups excluding carboxylic acids is 1. The highest BCUT2D eigenvalue weighted by molar-refractivity contribution is 5.82. The van der Waals surface area contributed by atoms with E-state index in [2.05, 4.69) is 11.9 Å². The molecule has 1 heterocycles. The van der Waals surface area contributed by atoms with Crippen molar-refractivity contribution in [1.82, 2.24) is 4.98 Å². The van der Waals surface area contributed by atoms with Crippen LogP contribution in [0.2, 0.25) is 0 Å².